The summed E-state index contributed by atoms with van der Waals surface area (Å²) in [6, 6.07) is 10.1. The zero-order valence-electron chi connectivity index (χ0n) is 13.8. The Morgan fingerprint density at radius 1 is 1.18 bits per heavy atom. The molecule has 0 spiro atoms. The molecule has 1 amide bonds. The number of hydrogen-bond donors (Lipinski definition) is 1. The molecule has 0 radical (unpaired) electrons. The summed E-state index contributed by atoms with van der Waals surface area (Å²) in [4.78, 5) is 16.1. The van der Waals surface area contributed by atoms with Gasteiger partial charge in [-0.2, -0.15) is 0 Å². The Hall–Kier alpha value is -1.59. The van der Waals surface area contributed by atoms with Gasteiger partial charge in [0, 0.05) is 38.8 Å². The SMILES string of the molecule is CC(C)(C)OC(=O)N1CCN(C[C@@H](N)c2ccccc2)CC1. The van der Waals surface area contributed by atoms with Crippen LogP contribution in [0.2, 0.25) is 0 Å². The van der Waals surface area contributed by atoms with Crippen molar-refractivity contribution >= 4 is 6.09 Å². The summed E-state index contributed by atoms with van der Waals surface area (Å²) >= 11 is 0. The van der Waals surface area contributed by atoms with Crippen molar-refractivity contribution in [2.24, 2.45) is 5.73 Å². The minimum absolute atomic E-state index is 0.00859. The fourth-order valence-electron chi connectivity index (χ4n) is 2.52. The molecule has 22 heavy (non-hydrogen) atoms. The van der Waals surface area contributed by atoms with Gasteiger partial charge in [0.05, 0.1) is 0 Å². The normalized spacial score (nSPS) is 18.1. The highest BCUT2D eigenvalue weighted by Crippen LogP contribution is 2.15. The van der Waals surface area contributed by atoms with Crippen molar-refractivity contribution in [3.63, 3.8) is 0 Å². The predicted molar refractivity (Wildman–Crippen MR) is 87.6 cm³/mol. The third kappa shape index (κ3) is 5.00. The van der Waals surface area contributed by atoms with E-state index >= 15 is 0 Å². The minimum Gasteiger partial charge on any atom is -0.444 e. The molecule has 1 heterocycles. The maximum Gasteiger partial charge on any atom is 0.410 e. The highest BCUT2D eigenvalue weighted by Gasteiger charge is 2.26. The number of benzene rings is 1. The van der Waals surface area contributed by atoms with Gasteiger partial charge in [-0.1, -0.05) is 30.3 Å². The summed E-state index contributed by atoms with van der Waals surface area (Å²) in [6.07, 6.45) is -0.223. The topological polar surface area (TPSA) is 58.8 Å². The van der Waals surface area contributed by atoms with Crippen LogP contribution in [0.4, 0.5) is 4.79 Å². The Morgan fingerprint density at radius 2 is 1.77 bits per heavy atom. The molecule has 2 rings (SSSR count). The van der Waals surface area contributed by atoms with Gasteiger partial charge >= 0.3 is 6.09 Å². The van der Waals surface area contributed by atoms with Crippen molar-refractivity contribution in [1.82, 2.24) is 9.80 Å². The molecule has 1 aromatic carbocycles. The van der Waals surface area contributed by atoms with E-state index in [-0.39, 0.29) is 12.1 Å². The minimum atomic E-state index is -0.441. The van der Waals surface area contributed by atoms with Gasteiger partial charge < -0.3 is 15.4 Å². The monoisotopic (exact) mass is 305 g/mol. The van der Waals surface area contributed by atoms with Crippen LogP contribution < -0.4 is 5.73 Å². The van der Waals surface area contributed by atoms with E-state index in [0.717, 1.165) is 25.2 Å². The highest BCUT2D eigenvalue weighted by atomic mass is 16.6. The second-order valence-corrected chi connectivity index (χ2v) is 6.79. The second-order valence-electron chi connectivity index (χ2n) is 6.79. The summed E-state index contributed by atoms with van der Waals surface area (Å²) in [6.45, 7) is 9.53. The lowest BCUT2D eigenvalue weighted by atomic mass is 10.1. The molecule has 1 saturated heterocycles. The van der Waals surface area contributed by atoms with Crippen molar-refractivity contribution in [1.29, 1.82) is 0 Å². The molecule has 0 bridgehead atoms. The first-order valence-electron chi connectivity index (χ1n) is 7.86. The van der Waals surface area contributed by atoms with Crippen LogP contribution in [0.25, 0.3) is 0 Å². The smallest absolute Gasteiger partial charge is 0.410 e. The van der Waals surface area contributed by atoms with Crippen LogP contribution in [0.15, 0.2) is 30.3 Å². The van der Waals surface area contributed by atoms with E-state index in [1.54, 1.807) is 4.90 Å². The van der Waals surface area contributed by atoms with Crippen molar-refractivity contribution in [3.8, 4) is 0 Å². The van der Waals surface area contributed by atoms with Gasteiger partial charge in [0.2, 0.25) is 0 Å². The Morgan fingerprint density at radius 3 is 2.32 bits per heavy atom. The number of piperazine rings is 1. The molecule has 1 aliphatic rings. The molecule has 122 valence electrons. The molecular formula is C17H27N3O2. The van der Waals surface area contributed by atoms with Gasteiger partial charge in [-0.3, -0.25) is 4.90 Å². The van der Waals surface area contributed by atoms with Crippen molar-refractivity contribution in [2.75, 3.05) is 32.7 Å². The van der Waals surface area contributed by atoms with Crippen LogP contribution >= 0.6 is 0 Å². The lowest BCUT2D eigenvalue weighted by molar-refractivity contribution is 0.0141. The molecule has 5 heteroatoms. The van der Waals surface area contributed by atoms with Gasteiger partial charge in [0.25, 0.3) is 0 Å². The molecule has 0 aliphatic carbocycles. The summed E-state index contributed by atoms with van der Waals surface area (Å²) < 4.78 is 5.41. The van der Waals surface area contributed by atoms with Crippen LogP contribution in [0.3, 0.4) is 0 Å². The molecule has 5 nitrogen and oxygen atoms in total. The number of carbonyl (C=O) groups is 1. The van der Waals surface area contributed by atoms with Crippen LogP contribution in [-0.2, 0) is 4.74 Å². The number of hydrogen-bond acceptors (Lipinski definition) is 4. The lowest BCUT2D eigenvalue weighted by Gasteiger charge is -2.36. The first-order valence-corrected chi connectivity index (χ1v) is 7.86. The zero-order valence-corrected chi connectivity index (χ0v) is 13.8. The largest absolute Gasteiger partial charge is 0.444 e. The maximum absolute atomic E-state index is 12.0. The van der Waals surface area contributed by atoms with Crippen LogP contribution in [0.1, 0.15) is 32.4 Å². The molecule has 0 saturated carbocycles. The van der Waals surface area contributed by atoms with Gasteiger partial charge in [0.15, 0.2) is 0 Å². The Labute approximate surface area is 133 Å². The Balaban J connectivity index is 1.79. The third-order valence-corrected chi connectivity index (χ3v) is 3.71. The molecule has 1 aromatic rings. The van der Waals surface area contributed by atoms with E-state index in [2.05, 4.69) is 17.0 Å². The summed E-state index contributed by atoms with van der Waals surface area (Å²) in [5.74, 6) is 0. The molecule has 1 fully saturated rings. The van der Waals surface area contributed by atoms with E-state index in [1.165, 1.54) is 0 Å². The first-order chi connectivity index (χ1) is 10.3. The maximum atomic E-state index is 12.0. The quantitative estimate of drug-likeness (QED) is 0.930. The molecule has 2 N–H and O–H groups in total. The third-order valence-electron chi connectivity index (χ3n) is 3.71. The summed E-state index contributed by atoms with van der Waals surface area (Å²) in [5, 5.41) is 0. The van der Waals surface area contributed by atoms with Crippen molar-refractivity contribution in [3.05, 3.63) is 35.9 Å². The standard InChI is InChI=1S/C17H27N3O2/c1-17(2,3)22-16(21)20-11-9-19(10-12-20)13-15(18)14-7-5-4-6-8-14/h4-8,15H,9-13,18H2,1-3H3/t15-/m1/s1. The summed E-state index contributed by atoms with van der Waals surface area (Å²) in [7, 11) is 0. The molecule has 1 atom stereocenters. The van der Waals surface area contributed by atoms with E-state index in [0.29, 0.717) is 13.1 Å². The van der Waals surface area contributed by atoms with Crippen LogP contribution in [0, 0.1) is 0 Å². The number of ether oxygens (including phenoxy) is 1. The van der Waals surface area contributed by atoms with E-state index < -0.39 is 5.60 Å². The molecule has 0 aromatic heterocycles. The van der Waals surface area contributed by atoms with Gasteiger partial charge in [0.1, 0.15) is 5.60 Å². The van der Waals surface area contributed by atoms with E-state index in [4.69, 9.17) is 10.5 Å². The number of rotatable bonds is 3. The van der Waals surface area contributed by atoms with Gasteiger partial charge in [-0.25, -0.2) is 4.79 Å². The fourth-order valence-corrected chi connectivity index (χ4v) is 2.52. The zero-order chi connectivity index (χ0) is 16.2. The van der Waals surface area contributed by atoms with Gasteiger partial charge in [-0.05, 0) is 26.3 Å². The number of carbonyl (C=O) groups excluding carboxylic acids is 1. The van der Waals surface area contributed by atoms with Crippen molar-refractivity contribution in [2.45, 2.75) is 32.4 Å². The van der Waals surface area contributed by atoms with E-state index in [1.807, 2.05) is 39.0 Å². The number of nitrogens with zero attached hydrogens (tertiary/aromatic N) is 2. The van der Waals surface area contributed by atoms with Gasteiger partial charge in [-0.15, -0.1) is 0 Å². The first kappa shape index (κ1) is 16.8. The van der Waals surface area contributed by atoms with Crippen molar-refractivity contribution < 1.29 is 9.53 Å². The molecular weight excluding hydrogens is 278 g/mol. The summed E-state index contributed by atoms with van der Waals surface area (Å²) in [5.41, 5.74) is 6.97. The molecule has 1 aliphatic heterocycles. The average molecular weight is 305 g/mol. The Bertz CT molecular complexity index is 476. The second kappa shape index (κ2) is 7.11. The fraction of sp³-hybridized carbons (Fsp3) is 0.588. The lowest BCUT2D eigenvalue weighted by Crippen LogP contribution is -2.51. The van der Waals surface area contributed by atoms with E-state index in [9.17, 15) is 4.79 Å². The van der Waals surface area contributed by atoms with Crippen LogP contribution in [0.5, 0.6) is 0 Å². The number of amides is 1. The molecule has 0 unspecified atom stereocenters. The number of nitrogens with two attached hydrogens (primary N) is 1. The highest BCUT2D eigenvalue weighted by molar-refractivity contribution is 5.68. The Kier molecular flexibility index (Phi) is 5.42. The average Bonchev–Trinajstić information content (AvgIpc) is 2.47. The van der Waals surface area contributed by atoms with Crippen LogP contribution in [-0.4, -0.2) is 54.2 Å². The predicted octanol–water partition coefficient (Wildman–Crippen LogP) is 2.24.